The van der Waals surface area contributed by atoms with E-state index in [0.717, 1.165) is 25.7 Å². The zero-order valence-corrected chi connectivity index (χ0v) is 10.8. The van der Waals surface area contributed by atoms with Crippen LogP contribution in [0.25, 0.3) is 0 Å². The van der Waals surface area contributed by atoms with E-state index < -0.39 is 0 Å². The molecule has 0 aromatic carbocycles. The molecule has 1 aliphatic heterocycles. The summed E-state index contributed by atoms with van der Waals surface area (Å²) in [6, 6.07) is 2.82. The minimum absolute atomic E-state index is 0. The van der Waals surface area contributed by atoms with Gasteiger partial charge in [0.25, 0.3) is 0 Å². The highest BCUT2D eigenvalue weighted by atomic mass is 35.5. The second-order valence-corrected chi connectivity index (χ2v) is 4.34. The smallest absolute Gasteiger partial charge is 0.0521 e. The van der Waals surface area contributed by atoms with E-state index in [-0.39, 0.29) is 12.4 Å². The van der Waals surface area contributed by atoms with Gasteiger partial charge in [0, 0.05) is 25.8 Å². The van der Waals surface area contributed by atoms with E-state index in [9.17, 15) is 0 Å². The van der Waals surface area contributed by atoms with Crippen LogP contribution in [0, 0.1) is 0 Å². The minimum Gasteiger partial charge on any atom is -0.317 e. The molecule has 1 aromatic heterocycles. The number of nitrogens with one attached hydrogen (secondary N) is 1. The Balaban J connectivity index is 0.00000128. The first-order valence-corrected chi connectivity index (χ1v) is 5.65. The summed E-state index contributed by atoms with van der Waals surface area (Å²) in [6.07, 6.45) is 4.38. The maximum atomic E-state index is 4.19. The fourth-order valence-electron chi connectivity index (χ4n) is 2.19. The lowest BCUT2D eigenvalue weighted by molar-refractivity contribution is 0.188. The summed E-state index contributed by atoms with van der Waals surface area (Å²) in [7, 11) is 4.22. The number of hydrogen-bond donors (Lipinski definition) is 1. The molecule has 0 spiro atoms. The van der Waals surface area contributed by atoms with Crippen LogP contribution in [0.5, 0.6) is 0 Å². The van der Waals surface area contributed by atoms with Gasteiger partial charge in [0.1, 0.15) is 0 Å². The number of nitrogens with zero attached hydrogens (tertiary/aromatic N) is 3. The average Bonchev–Trinajstić information content (AvgIpc) is 2.66. The Morgan fingerprint density at radius 2 is 2.19 bits per heavy atom. The Hall–Kier alpha value is -0.580. The van der Waals surface area contributed by atoms with Gasteiger partial charge in [-0.1, -0.05) is 0 Å². The van der Waals surface area contributed by atoms with Gasteiger partial charge in [-0.05, 0) is 39.0 Å². The maximum Gasteiger partial charge on any atom is 0.0521 e. The number of piperidine rings is 1. The highest BCUT2D eigenvalue weighted by molar-refractivity contribution is 5.85. The molecule has 0 bridgehead atoms. The maximum absolute atomic E-state index is 4.19. The summed E-state index contributed by atoms with van der Waals surface area (Å²) >= 11 is 0. The molecule has 0 saturated carbocycles. The van der Waals surface area contributed by atoms with Crippen LogP contribution >= 0.6 is 12.4 Å². The van der Waals surface area contributed by atoms with E-state index in [1.54, 1.807) is 0 Å². The number of aromatic nitrogens is 2. The third-order valence-electron chi connectivity index (χ3n) is 3.27. The zero-order valence-electron chi connectivity index (χ0n) is 10.0. The molecule has 0 amide bonds. The lowest BCUT2D eigenvalue weighted by Crippen LogP contribution is -2.40. The summed E-state index contributed by atoms with van der Waals surface area (Å²) in [5.41, 5.74) is 1.29. The molecule has 0 atom stereocenters. The third kappa shape index (κ3) is 3.20. The van der Waals surface area contributed by atoms with Gasteiger partial charge >= 0.3 is 0 Å². The van der Waals surface area contributed by atoms with Gasteiger partial charge in [0.2, 0.25) is 0 Å². The van der Waals surface area contributed by atoms with Crippen molar-refractivity contribution in [3.05, 3.63) is 18.0 Å². The van der Waals surface area contributed by atoms with Gasteiger partial charge < -0.3 is 5.32 Å². The molecule has 1 fully saturated rings. The van der Waals surface area contributed by atoms with E-state index in [1.165, 1.54) is 18.5 Å². The van der Waals surface area contributed by atoms with E-state index in [0.29, 0.717) is 0 Å². The molecular formula is C11H21ClN4. The Kier molecular flexibility index (Phi) is 5.25. The third-order valence-corrected chi connectivity index (χ3v) is 3.27. The second kappa shape index (κ2) is 6.23. The average molecular weight is 245 g/mol. The Morgan fingerprint density at radius 1 is 1.50 bits per heavy atom. The van der Waals surface area contributed by atoms with Gasteiger partial charge in [-0.15, -0.1) is 12.4 Å². The van der Waals surface area contributed by atoms with Crippen molar-refractivity contribution in [2.75, 3.05) is 20.1 Å². The van der Waals surface area contributed by atoms with E-state index in [1.807, 2.05) is 17.9 Å². The zero-order chi connectivity index (χ0) is 10.7. The number of halogens is 1. The first-order chi connectivity index (χ1) is 7.27. The van der Waals surface area contributed by atoms with Crippen molar-refractivity contribution in [2.45, 2.75) is 25.4 Å². The molecule has 92 valence electrons. The van der Waals surface area contributed by atoms with Crippen molar-refractivity contribution in [3.63, 3.8) is 0 Å². The summed E-state index contributed by atoms with van der Waals surface area (Å²) in [4.78, 5) is 2.44. The van der Waals surface area contributed by atoms with Crippen LogP contribution in [0.2, 0.25) is 0 Å². The fraction of sp³-hybridized carbons (Fsp3) is 0.727. The predicted octanol–water partition coefficient (Wildman–Crippen LogP) is 1.03. The molecular weight excluding hydrogens is 224 g/mol. The summed E-state index contributed by atoms with van der Waals surface area (Å²) in [5.74, 6) is 0. The van der Waals surface area contributed by atoms with Crippen LogP contribution in [0.4, 0.5) is 0 Å². The number of aryl methyl sites for hydroxylation is 1. The first-order valence-electron chi connectivity index (χ1n) is 5.65. The van der Waals surface area contributed by atoms with Crippen molar-refractivity contribution in [1.29, 1.82) is 0 Å². The lowest BCUT2D eigenvalue weighted by atomic mass is 10.1. The van der Waals surface area contributed by atoms with Crippen LogP contribution < -0.4 is 5.32 Å². The lowest BCUT2D eigenvalue weighted by Gasteiger charge is -2.31. The molecule has 0 radical (unpaired) electrons. The van der Waals surface area contributed by atoms with Gasteiger partial charge in [-0.3, -0.25) is 9.58 Å². The van der Waals surface area contributed by atoms with Crippen molar-refractivity contribution in [2.24, 2.45) is 7.05 Å². The normalized spacial score (nSPS) is 17.4. The van der Waals surface area contributed by atoms with E-state index in [4.69, 9.17) is 0 Å². The van der Waals surface area contributed by atoms with E-state index >= 15 is 0 Å². The molecule has 2 heterocycles. The Morgan fingerprint density at radius 3 is 2.75 bits per heavy atom. The van der Waals surface area contributed by atoms with Crippen LogP contribution in [-0.2, 0) is 13.6 Å². The molecule has 1 N–H and O–H groups in total. The van der Waals surface area contributed by atoms with Crippen LogP contribution in [0.15, 0.2) is 12.3 Å². The topological polar surface area (TPSA) is 33.1 Å². The van der Waals surface area contributed by atoms with Gasteiger partial charge in [-0.2, -0.15) is 5.10 Å². The molecule has 0 unspecified atom stereocenters. The first kappa shape index (κ1) is 13.5. The van der Waals surface area contributed by atoms with Gasteiger partial charge in [0.15, 0.2) is 0 Å². The highest BCUT2D eigenvalue weighted by Gasteiger charge is 2.18. The summed E-state index contributed by atoms with van der Waals surface area (Å²) < 4.78 is 1.96. The molecule has 4 nitrogen and oxygen atoms in total. The van der Waals surface area contributed by atoms with Crippen molar-refractivity contribution >= 4 is 12.4 Å². The molecule has 2 rings (SSSR count). The summed E-state index contributed by atoms with van der Waals surface area (Å²) in [5, 5.41) is 7.59. The van der Waals surface area contributed by atoms with E-state index in [2.05, 4.69) is 28.4 Å². The van der Waals surface area contributed by atoms with Crippen molar-refractivity contribution in [1.82, 2.24) is 20.0 Å². The molecule has 1 aromatic rings. The minimum atomic E-state index is 0. The second-order valence-electron chi connectivity index (χ2n) is 4.34. The standard InChI is InChI=1S/C11H20N4.ClH/c1-14(10-3-6-12-7-4-10)9-11-5-8-13-15(11)2;/h5,8,10,12H,3-4,6-7,9H2,1-2H3;1H. The van der Waals surface area contributed by atoms with Crippen molar-refractivity contribution < 1.29 is 0 Å². The summed E-state index contributed by atoms with van der Waals surface area (Å²) in [6.45, 7) is 3.31. The predicted molar refractivity (Wildman–Crippen MR) is 67.8 cm³/mol. The Bertz CT molecular complexity index is 307. The monoisotopic (exact) mass is 244 g/mol. The van der Waals surface area contributed by atoms with Crippen LogP contribution in [0.1, 0.15) is 18.5 Å². The van der Waals surface area contributed by atoms with Crippen LogP contribution in [0.3, 0.4) is 0 Å². The molecule has 16 heavy (non-hydrogen) atoms. The fourth-order valence-corrected chi connectivity index (χ4v) is 2.19. The SMILES string of the molecule is CN(Cc1ccnn1C)C1CCNCC1.Cl. The number of hydrogen-bond acceptors (Lipinski definition) is 3. The van der Waals surface area contributed by atoms with Gasteiger partial charge in [0.05, 0.1) is 5.69 Å². The molecule has 1 aliphatic rings. The largest absolute Gasteiger partial charge is 0.317 e. The molecule has 5 heteroatoms. The molecule has 1 saturated heterocycles. The molecule has 0 aliphatic carbocycles. The Labute approximate surface area is 103 Å². The highest BCUT2D eigenvalue weighted by Crippen LogP contribution is 2.12. The van der Waals surface area contributed by atoms with Crippen molar-refractivity contribution in [3.8, 4) is 0 Å². The van der Waals surface area contributed by atoms with Crippen LogP contribution in [-0.4, -0.2) is 40.9 Å². The quantitative estimate of drug-likeness (QED) is 0.862. The number of rotatable bonds is 3. The van der Waals surface area contributed by atoms with Gasteiger partial charge in [-0.25, -0.2) is 0 Å².